The van der Waals surface area contributed by atoms with Gasteiger partial charge in [0.15, 0.2) is 0 Å². The maximum atomic E-state index is 12.6. The van der Waals surface area contributed by atoms with Crippen molar-refractivity contribution in [3.63, 3.8) is 0 Å². The summed E-state index contributed by atoms with van der Waals surface area (Å²) in [6.07, 6.45) is 2.51. The van der Waals surface area contributed by atoms with Crippen LogP contribution >= 0.6 is 22.9 Å². The molecule has 0 radical (unpaired) electrons. The molecule has 9 heteroatoms. The Morgan fingerprint density at radius 3 is 2.80 bits per heavy atom. The maximum absolute atomic E-state index is 12.6. The molecule has 7 nitrogen and oxygen atoms in total. The number of nitro benzene ring substituents is 1. The van der Waals surface area contributed by atoms with Crippen LogP contribution in [0.5, 0.6) is 0 Å². The van der Waals surface area contributed by atoms with Gasteiger partial charge in [-0.15, -0.1) is 11.3 Å². The van der Waals surface area contributed by atoms with Crippen LogP contribution in [0.25, 0.3) is 0 Å². The first kappa shape index (κ1) is 17.4. The van der Waals surface area contributed by atoms with Crippen LogP contribution < -0.4 is 5.32 Å². The number of amides is 1. The van der Waals surface area contributed by atoms with E-state index in [1.165, 1.54) is 36.6 Å². The highest BCUT2D eigenvalue weighted by molar-refractivity contribution is 7.17. The molecule has 0 unspecified atom stereocenters. The van der Waals surface area contributed by atoms with Gasteiger partial charge < -0.3 is 10.1 Å². The number of benzene rings is 1. The van der Waals surface area contributed by atoms with Gasteiger partial charge in [0.1, 0.15) is 10.6 Å². The van der Waals surface area contributed by atoms with E-state index in [1.807, 2.05) is 0 Å². The molecule has 1 heterocycles. The molecule has 0 saturated carbocycles. The molecule has 0 spiro atoms. The van der Waals surface area contributed by atoms with E-state index in [0.717, 1.165) is 29.7 Å². The Morgan fingerprint density at radius 1 is 1.36 bits per heavy atom. The van der Waals surface area contributed by atoms with Crippen molar-refractivity contribution in [1.29, 1.82) is 0 Å². The minimum absolute atomic E-state index is 0.165. The molecular formula is C16H13ClN2O5S. The molecule has 2 aromatic rings. The van der Waals surface area contributed by atoms with Crippen LogP contribution in [0.15, 0.2) is 18.2 Å². The van der Waals surface area contributed by atoms with E-state index in [4.69, 9.17) is 16.3 Å². The molecular weight excluding hydrogens is 368 g/mol. The standard InChI is InChI=1S/C16H13ClN2O5S/c1-24-16(21)13-9-3-2-4-12(9)25-15(13)18-14(20)10-7-8(17)5-6-11(10)19(22)23/h5-7H,2-4H2,1H3,(H,18,20). The van der Waals surface area contributed by atoms with E-state index < -0.39 is 16.8 Å². The number of halogens is 1. The largest absolute Gasteiger partial charge is 0.465 e. The van der Waals surface area contributed by atoms with E-state index >= 15 is 0 Å². The monoisotopic (exact) mass is 380 g/mol. The lowest BCUT2D eigenvalue weighted by molar-refractivity contribution is -0.385. The average Bonchev–Trinajstić information content (AvgIpc) is 3.14. The second-order valence-electron chi connectivity index (χ2n) is 5.43. The van der Waals surface area contributed by atoms with E-state index in [9.17, 15) is 19.7 Å². The molecule has 0 saturated heterocycles. The number of nitro groups is 1. The van der Waals surface area contributed by atoms with Crippen molar-refractivity contribution in [1.82, 2.24) is 0 Å². The van der Waals surface area contributed by atoms with E-state index in [-0.39, 0.29) is 16.3 Å². The predicted molar refractivity (Wildman–Crippen MR) is 93.7 cm³/mol. The lowest BCUT2D eigenvalue weighted by Crippen LogP contribution is -2.16. The molecule has 0 atom stereocenters. The third kappa shape index (κ3) is 3.22. The average molecular weight is 381 g/mol. The van der Waals surface area contributed by atoms with Crippen LogP contribution in [-0.2, 0) is 17.6 Å². The third-order valence-corrected chi connectivity index (χ3v) is 5.38. The number of rotatable bonds is 4. The molecule has 3 rings (SSSR count). The Balaban J connectivity index is 1.99. The van der Waals surface area contributed by atoms with E-state index in [0.29, 0.717) is 10.6 Å². The quantitative estimate of drug-likeness (QED) is 0.493. The SMILES string of the molecule is COC(=O)c1c(NC(=O)c2cc(Cl)ccc2[N+](=O)[O-])sc2c1CCC2. The number of hydrogen-bond donors (Lipinski definition) is 1. The van der Waals surface area contributed by atoms with E-state index in [1.54, 1.807) is 0 Å². The lowest BCUT2D eigenvalue weighted by atomic mass is 10.1. The van der Waals surface area contributed by atoms with Gasteiger partial charge in [0, 0.05) is 16.0 Å². The third-order valence-electron chi connectivity index (χ3n) is 3.94. The summed E-state index contributed by atoms with van der Waals surface area (Å²) in [5, 5.41) is 14.3. The number of thiophene rings is 1. The number of esters is 1. The summed E-state index contributed by atoms with van der Waals surface area (Å²) < 4.78 is 4.82. The highest BCUT2D eigenvalue weighted by Crippen LogP contribution is 2.40. The zero-order valence-electron chi connectivity index (χ0n) is 13.1. The van der Waals surface area contributed by atoms with Crippen molar-refractivity contribution in [3.05, 3.63) is 54.9 Å². The second kappa shape index (κ2) is 6.81. The van der Waals surface area contributed by atoms with Crippen molar-refractivity contribution < 1.29 is 19.2 Å². The fourth-order valence-electron chi connectivity index (χ4n) is 2.83. The molecule has 1 N–H and O–H groups in total. The Hall–Kier alpha value is -2.45. The number of methoxy groups -OCH3 is 1. The number of carbonyl (C=O) groups excluding carboxylic acids is 2. The summed E-state index contributed by atoms with van der Waals surface area (Å²) >= 11 is 7.16. The number of anilines is 1. The Labute approximate surface area is 151 Å². The van der Waals surface area contributed by atoms with Gasteiger partial charge in [0.25, 0.3) is 11.6 Å². The summed E-state index contributed by atoms with van der Waals surface area (Å²) in [5.41, 5.74) is 0.693. The first-order valence-corrected chi connectivity index (χ1v) is 8.60. The summed E-state index contributed by atoms with van der Waals surface area (Å²) in [6, 6.07) is 3.75. The van der Waals surface area contributed by atoms with Crippen LogP contribution in [0.1, 0.15) is 37.6 Å². The number of aryl methyl sites for hydroxylation is 1. The molecule has 1 amide bonds. The van der Waals surface area contributed by atoms with Gasteiger partial charge >= 0.3 is 5.97 Å². The van der Waals surface area contributed by atoms with Crippen LogP contribution in [0.2, 0.25) is 5.02 Å². The van der Waals surface area contributed by atoms with Crippen LogP contribution in [-0.4, -0.2) is 23.9 Å². The van der Waals surface area contributed by atoms with Crippen molar-refractivity contribution in [2.75, 3.05) is 12.4 Å². The minimum atomic E-state index is -0.695. The highest BCUT2D eigenvalue weighted by atomic mass is 35.5. The van der Waals surface area contributed by atoms with Crippen molar-refractivity contribution in [2.45, 2.75) is 19.3 Å². The fraction of sp³-hybridized carbons (Fsp3) is 0.250. The molecule has 0 fully saturated rings. The number of ether oxygens (including phenoxy) is 1. The topological polar surface area (TPSA) is 98.5 Å². The number of hydrogen-bond acceptors (Lipinski definition) is 6. The van der Waals surface area contributed by atoms with Crippen molar-refractivity contribution in [3.8, 4) is 0 Å². The second-order valence-corrected chi connectivity index (χ2v) is 6.97. The molecule has 25 heavy (non-hydrogen) atoms. The number of fused-ring (bicyclic) bond motifs is 1. The maximum Gasteiger partial charge on any atom is 0.341 e. The summed E-state index contributed by atoms with van der Waals surface area (Å²) in [4.78, 5) is 36.2. The van der Waals surface area contributed by atoms with Crippen molar-refractivity contribution >= 4 is 45.5 Å². The zero-order chi connectivity index (χ0) is 18.1. The number of carbonyl (C=O) groups is 2. The summed E-state index contributed by atoms with van der Waals surface area (Å²) in [6.45, 7) is 0. The summed E-state index contributed by atoms with van der Waals surface area (Å²) in [5.74, 6) is -1.23. The number of nitrogens with one attached hydrogen (secondary N) is 1. The van der Waals surface area contributed by atoms with Gasteiger partial charge in [-0.05, 0) is 37.0 Å². The predicted octanol–water partition coefficient (Wildman–Crippen LogP) is 3.84. The smallest absolute Gasteiger partial charge is 0.341 e. The number of nitrogens with zero attached hydrogens (tertiary/aromatic N) is 1. The molecule has 0 bridgehead atoms. The van der Waals surface area contributed by atoms with Gasteiger partial charge in [0.2, 0.25) is 0 Å². The van der Waals surface area contributed by atoms with Gasteiger partial charge in [-0.2, -0.15) is 0 Å². The normalized spacial score (nSPS) is 12.6. The van der Waals surface area contributed by atoms with Gasteiger partial charge in [-0.25, -0.2) is 4.79 Å². The van der Waals surface area contributed by atoms with Gasteiger partial charge in [-0.1, -0.05) is 11.6 Å². The highest BCUT2D eigenvalue weighted by Gasteiger charge is 2.29. The molecule has 130 valence electrons. The first-order chi connectivity index (χ1) is 11.9. The molecule has 1 aliphatic carbocycles. The lowest BCUT2D eigenvalue weighted by Gasteiger charge is -2.08. The fourth-order valence-corrected chi connectivity index (χ4v) is 4.27. The van der Waals surface area contributed by atoms with E-state index in [2.05, 4.69) is 5.32 Å². The van der Waals surface area contributed by atoms with Crippen LogP contribution in [0.3, 0.4) is 0 Å². The molecule has 1 aromatic heterocycles. The Morgan fingerprint density at radius 2 is 2.12 bits per heavy atom. The molecule has 1 aliphatic rings. The van der Waals surface area contributed by atoms with Gasteiger partial charge in [-0.3, -0.25) is 14.9 Å². The van der Waals surface area contributed by atoms with Crippen molar-refractivity contribution in [2.24, 2.45) is 0 Å². The Bertz CT molecular complexity index is 893. The van der Waals surface area contributed by atoms with Crippen LogP contribution in [0, 0.1) is 10.1 Å². The van der Waals surface area contributed by atoms with Crippen LogP contribution in [0.4, 0.5) is 10.7 Å². The Kier molecular flexibility index (Phi) is 4.73. The zero-order valence-corrected chi connectivity index (χ0v) is 14.7. The first-order valence-electron chi connectivity index (χ1n) is 7.40. The minimum Gasteiger partial charge on any atom is -0.465 e. The van der Waals surface area contributed by atoms with Gasteiger partial charge in [0.05, 0.1) is 17.6 Å². The summed E-state index contributed by atoms with van der Waals surface area (Å²) in [7, 11) is 1.27. The molecule has 0 aliphatic heterocycles. The molecule has 1 aromatic carbocycles.